The monoisotopic (exact) mass is 413 g/mol. The summed E-state index contributed by atoms with van der Waals surface area (Å²) < 4.78 is 26.6. The molecule has 0 unspecified atom stereocenters. The molecular formula is C17H20ClN3O3S2. The third-order valence-electron chi connectivity index (χ3n) is 3.54. The van der Waals surface area contributed by atoms with Crippen LogP contribution < -0.4 is 5.32 Å². The van der Waals surface area contributed by atoms with Crippen LogP contribution in [-0.4, -0.2) is 42.5 Å². The quantitative estimate of drug-likeness (QED) is 0.670. The molecule has 0 bridgehead atoms. The first-order valence-corrected chi connectivity index (χ1v) is 10.8. The molecule has 2 aromatic rings. The van der Waals surface area contributed by atoms with Gasteiger partial charge >= 0.3 is 0 Å². The van der Waals surface area contributed by atoms with Crippen molar-refractivity contribution in [3.63, 3.8) is 0 Å². The van der Waals surface area contributed by atoms with Crippen molar-refractivity contribution in [2.75, 3.05) is 24.2 Å². The Balaban J connectivity index is 2.13. The number of nitrogens with one attached hydrogen (secondary N) is 1. The number of carbonyl (C=O) groups excluding carboxylic acids is 1. The Morgan fingerprint density at radius 2 is 1.96 bits per heavy atom. The number of nitrogens with zero attached hydrogens (tertiary/aromatic N) is 2. The van der Waals surface area contributed by atoms with Crippen molar-refractivity contribution in [1.29, 1.82) is 0 Å². The molecule has 0 saturated carbocycles. The molecule has 0 aliphatic rings. The third-order valence-corrected chi connectivity index (χ3v) is 6.86. The number of anilines is 1. The van der Waals surface area contributed by atoms with Crippen LogP contribution in [-0.2, 0) is 14.8 Å². The van der Waals surface area contributed by atoms with Crippen LogP contribution in [0.4, 0.5) is 5.69 Å². The highest BCUT2D eigenvalue weighted by atomic mass is 35.5. The van der Waals surface area contributed by atoms with Gasteiger partial charge in [-0.1, -0.05) is 43.3 Å². The predicted molar refractivity (Wildman–Crippen MR) is 105 cm³/mol. The number of halogens is 1. The fourth-order valence-corrected chi connectivity index (χ4v) is 4.54. The van der Waals surface area contributed by atoms with Crippen molar-refractivity contribution in [2.24, 2.45) is 0 Å². The highest BCUT2D eigenvalue weighted by Gasteiger charge is 2.22. The minimum atomic E-state index is -3.62. The largest absolute Gasteiger partial charge is 0.324 e. The summed E-state index contributed by atoms with van der Waals surface area (Å²) in [4.78, 5) is 16.4. The second-order valence-electron chi connectivity index (χ2n) is 5.24. The molecule has 0 atom stereocenters. The summed E-state index contributed by atoms with van der Waals surface area (Å²) in [5.41, 5.74) is 0.270. The molecule has 1 aromatic heterocycles. The highest BCUT2D eigenvalue weighted by Crippen LogP contribution is 2.27. The van der Waals surface area contributed by atoms with E-state index in [1.165, 1.54) is 34.3 Å². The minimum absolute atomic E-state index is 0.0956. The molecule has 1 heterocycles. The molecule has 1 N–H and O–H groups in total. The molecule has 0 radical (unpaired) electrons. The maximum absolute atomic E-state index is 12.6. The minimum Gasteiger partial charge on any atom is -0.324 e. The smallest absolute Gasteiger partial charge is 0.243 e. The molecule has 1 amide bonds. The topological polar surface area (TPSA) is 79.4 Å². The van der Waals surface area contributed by atoms with Gasteiger partial charge in [-0.25, -0.2) is 13.4 Å². The van der Waals surface area contributed by atoms with Crippen molar-refractivity contribution in [3.05, 3.63) is 47.6 Å². The lowest BCUT2D eigenvalue weighted by molar-refractivity contribution is -0.113. The Kier molecular flexibility index (Phi) is 7.45. The Hall–Kier alpha value is -1.61. The number of benzene rings is 1. The van der Waals surface area contributed by atoms with Gasteiger partial charge in [0.15, 0.2) is 0 Å². The SMILES string of the molecule is CCN(CC)S(=O)(=O)c1ccc(Cl)c(NC(=O)CSc2ccccn2)c1. The van der Waals surface area contributed by atoms with Crippen LogP contribution in [0, 0.1) is 0 Å². The van der Waals surface area contributed by atoms with Gasteiger partial charge in [0, 0.05) is 19.3 Å². The number of thioether (sulfide) groups is 1. The van der Waals surface area contributed by atoms with Crippen LogP contribution in [0.3, 0.4) is 0 Å². The molecule has 0 aliphatic heterocycles. The number of carbonyl (C=O) groups is 1. The highest BCUT2D eigenvalue weighted by molar-refractivity contribution is 7.99. The number of amides is 1. The average molecular weight is 414 g/mol. The Labute approximate surface area is 163 Å². The molecular weight excluding hydrogens is 394 g/mol. The van der Waals surface area contributed by atoms with E-state index in [2.05, 4.69) is 10.3 Å². The number of rotatable bonds is 8. The van der Waals surface area contributed by atoms with E-state index >= 15 is 0 Å². The standard InChI is InChI=1S/C17H20ClN3O3S2/c1-3-21(4-2)26(23,24)13-8-9-14(18)15(11-13)20-16(22)12-25-17-7-5-6-10-19-17/h5-11H,3-4,12H2,1-2H3,(H,20,22). The molecule has 0 fully saturated rings. The van der Waals surface area contributed by atoms with Gasteiger partial charge in [0.2, 0.25) is 15.9 Å². The second-order valence-corrected chi connectivity index (χ2v) is 8.58. The van der Waals surface area contributed by atoms with Gasteiger partial charge in [0.25, 0.3) is 0 Å². The van der Waals surface area contributed by atoms with Gasteiger partial charge in [-0.2, -0.15) is 4.31 Å². The van der Waals surface area contributed by atoms with Crippen molar-refractivity contribution in [3.8, 4) is 0 Å². The molecule has 0 spiro atoms. The Morgan fingerprint density at radius 1 is 1.23 bits per heavy atom. The molecule has 0 aliphatic carbocycles. The van der Waals surface area contributed by atoms with Gasteiger partial charge in [-0.15, -0.1) is 0 Å². The number of hydrogen-bond donors (Lipinski definition) is 1. The van der Waals surface area contributed by atoms with Crippen LogP contribution in [0.25, 0.3) is 0 Å². The van der Waals surface area contributed by atoms with E-state index < -0.39 is 10.0 Å². The van der Waals surface area contributed by atoms with Crippen LogP contribution in [0.5, 0.6) is 0 Å². The molecule has 6 nitrogen and oxygen atoms in total. The molecule has 9 heteroatoms. The molecule has 2 rings (SSSR count). The first-order chi connectivity index (χ1) is 12.4. The number of sulfonamides is 1. The zero-order chi connectivity index (χ0) is 19.2. The number of aromatic nitrogens is 1. The van der Waals surface area contributed by atoms with E-state index in [-0.39, 0.29) is 27.3 Å². The third kappa shape index (κ3) is 5.20. The van der Waals surface area contributed by atoms with Gasteiger partial charge in [-0.3, -0.25) is 4.79 Å². The predicted octanol–water partition coefficient (Wildman–Crippen LogP) is 3.50. The van der Waals surface area contributed by atoms with E-state index in [1.807, 2.05) is 12.1 Å². The maximum atomic E-state index is 12.6. The molecule has 1 aromatic carbocycles. The summed E-state index contributed by atoms with van der Waals surface area (Å²) in [6.45, 7) is 4.27. The summed E-state index contributed by atoms with van der Waals surface area (Å²) in [5.74, 6) is -0.152. The van der Waals surface area contributed by atoms with Crippen LogP contribution >= 0.6 is 23.4 Å². The maximum Gasteiger partial charge on any atom is 0.243 e. The van der Waals surface area contributed by atoms with Crippen molar-refractivity contribution < 1.29 is 13.2 Å². The van der Waals surface area contributed by atoms with Crippen molar-refractivity contribution >= 4 is 45.0 Å². The van der Waals surface area contributed by atoms with Crippen LogP contribution in [0.2, 0.25) is 5.02 Å². The van der Waals surface area contributed by atoms with E-state index in [1.54, 1.807) is 26.1 Å². The Bertz CT molecular complexity index is 857. The fourth-order valence-electron chi connectivity index (χ4n) is 2.23. The van der Waals surface area contributed by atoms with E-state index in [9.17, 15) is 13.2 Å². The summed E-state index contributed by atoms with van der Waals surface area (Å²) in [5, 5.41) is 3.67. The van der Waals surface area contributed by atoms with E-state index in [4.69, 9.17) is 11.6 Å². The molecule has 0 saturated heterocycles. The fraction of sp³-hybridized carbons (Fsp3) is 0.294. The first kappa shape index (κ1) is 20.7. The lowest BCUT2D eigenvalue weighted by Crippen LogP contribution is -2.30. The van der Waals surface area contributed by atoms with E-state index in [0.29, 0.717) is 13.1 Å². The van der Waals surface area contributed by atoms with Gasteiger partial charge < -0.3 is 5.32 Å². The Morgan fingerprint density at radius 3 is 2.58 bits per heavy atom. The normalized spacial score (nSPS) is 11.5. The number of pyridine rings is 1. The zero-order valence-electron chi connectivity index (χ0n) is 14.5. The van der Waals surface area contributed by atoms with Crippen LogP contribution in [0.1, 0.15) is 13.8 Å². The number of hydrogen-bond acceptors (Lipinski definition) is 5. The summed E-state index contributed by atoms with van der Waals surface area (Å²) in [7, 11) is -3.62. The second kappa shape index (κ2) is 9.36. The van der Waals surface area contributed by atoms with Crippen LogP contribution in [0.15, 0.2) is 52.5 Å². The lowest BCUT2D eigenvalue weighted by Gasteiger charge is -2.19. The van der Waals surface area contributed by atoms with Gasteiger partial charge in [0.1, 0.15) is 0 Å². The first-order valence-electron chi connectivity index (χ1n) is 8.01. The van der Waals surface area contributed by atoms with Gasteiger partial charge in [0.05, 0.1) is 26.4 Å². The molecule has 140 valence electrons. The average Bonchev–Trinajstić information content (AvgIpc) is 2.63. The van der Waals surface area contributed by atoms with E-state index in [0.717, 1.165) is 5.03 Å². The zero-order valence-corrected chi connectivity index (χ0v) is 16.9. The summed E-state index contributed by atoms with van der Waals surface area (Å²) in [6.07, 6.45) is 1.65. The summed E-state index contributed by atoms with van der Waals surface area (Å²) in [6, 6.07) is 9.74. The lowest BCUT2D eigenvalue weighted by atomic mass is 10.3. The van der Waals surface area contributed by atoms with Crippen molar-refractivity contribution in [2.45, 2.75) is 23.8 Å². The summed E-state index contributed by atoms with van der Waals surface area (Å²) >= 11 is 7.40. The molecule has 26 heavy (non-hydrogen) atoms. The van der Waals surface area contributed by atoms with Gasteiger partial charge in [-0.05, 0) is 30.3 Å². The van der Waals surface area contributed by atoms with Crippen molar-refractivity contribution in [1.82, 2.24) is 9.29 Å².